The SMILES string of the molecule is c1ccc(-c2cc(-c3cccc(-c4ccc5c(c4)c4ccccc4n5-c4cccc5ccc6cccnc6c45)c3)nc(-c3ccccc3)n2)cc1. The molecule has 3 aromatic heterocycles. The lowest BCUT2D eigenvalue weighted by Crippen LogP contribution is -1.96. The summed E-state index contributed by atoms with van der Waals surface area (Å²) in [5.74, 6) is 0.711. The summed E-state index contributed by atoms with van der Waals surface area (Å²) in [6.45, 7) is 0. The molecule has 0 unspecified atom stereocenters. The Morgan fingerprint density at radius 1 is 0.392 bits per heavy atom. The Morgan fingerprint density at radius 2 is 1.04 bits per heavy atom. The number of hydrogen-bond acceptors (Lipinski definition) is 3. The minimum absolute atomic E-state index is 0.711. The largest absolute Gasteiger partial charge is 0.309 e. The van der Waals surface area contributed by atoms with Crippen LogP contribution in [0, 0.1) is 0 Å². The van der Waals surface area contributed by atoms with Crippen molar-refractivity contribution in [2.75, 3.05) is 0 Å². The summed E-state index contributed by atoms with van der Waals surface area (Å²) >= 11 is 0. The lowest BCUT2D eigenvalue weighted by molar-refractivity contribution is 1.18. The zero-order chi connectivity index (χ0) is 33.7. The fourth-order valence-electron chi connectivity index (χ4n) is 7.42. The Morgan fingerprint density at radius 3 is 1.90 bits per heavy atom. The van der Waals surface area contributed by atoms with Crippen LogP contribution in [0.1, 0.15) is 0 Å². The van der Waals surface area contributed by atoms with Crippen LogP contribution in [0.5, 0.6) is 0 Å². The summed E-state index contributed by atoms with van der Waals surface area (Å²) in [7, 11) is 0. The van der Waals surface area contributed by atoms with Gasteiger partial charge in [-0.3, -0.25) is 4.98 Å². The van der Waals surface area contributed by atoms with Gasteiger partial charge in [-0.15, -0.1) is 0 Å². The van der Waals surface area contributed by atoms with Crippen LogP contribution in [0.2, 0.25) is 0 Å². The monoisotopic (exact) mass is 650 g/mol. The van der Waals surface area contributed by atoms with Crippen molar-refractivity contribution in [3.63, 3.8) is 0 Å². The molecule has 0 aliphatic rings. The summed E-state index contributed by atoms with van der Waals surface area (Å²) in [5.41, 5.74) is 11.6. The Kier molecular flexibility index (Phi) is 6.78. The number of nitrogens with zero attached hydrogens (tertiary/aromatic N) is 4. The Balaban J connectivity index is 1.14. The number of aromatic nitrogens is 4. The molecule has 0 atom stereocenters. The number of rotatable bonds is 5. The van der Waals surface area contributed by atoms with Crippen molar-refractivity contribution in [1.29, 1.82) is 0 Å². The molecule has 10 rings (SSSR count). The third-order valence-corrected chi connectivity index (χ3v) is 9.83. The molecule has 4 heteroatoms. The molecule has 0 fully saturated rings. The summed E-state index contributed by atoms with van der Waals surface area (Å²) < 4.78 is 2.40. The van der Waals surface area contributed by atoms with Gasteiger partial charge in [0.1, 0.15) is 0 Å². The Hall–Kier alpha value is -6.91. The van der Waals surface area contributed by atoms with Crippen LogP contribution in [0.4, 0.5) is 0 Å². The standard InChI is InChI=1S/C47H30N4/c1-3-12-31(13-4-1)40-30-41(50-47(49-40)34-14-5-2-6-15-34)37-18-9-17-35(28-37)36-25-26-43-39(29-36)38-20-7-8-21-42(38)51(43)44-22-10-16-32-23-24-33-19-11-27-48-46(33)45(32)44/h1-30H. The average molecular weight is 651 g/mol. The second-order valence-corrected chi connectivity index (χ2v) is 12.9. The second-order valence-electron chi connectivity index (χ2n) is 12.9. The highest BCUT2D eigenvalue weighted by Gasteiger charge is 2.17. The molecular weight excluding hydrogens is 621 g/mol. The molecule has 0 saturated carbocycles. The molecule has 10 aromatic rings. The van der Waals surface area contributed by atoms with Gasteiger partial charge in [0.05, 0.1) is 33.6 Å². The molecule has 51 heavy (non-hydrogen) atoms. The van der Waals surface area contributed by atoms with E-state index in [0.717, 1.165) is 66.7 Å². The van der Waals surface area contributed by atoms with Gasteiger partial charge >= 0.3 is 0 Å². The molecule has 0 bridgehead atoms. The Bertz CT molecular complexity index is 2850. The van der Waals surface area contributed by atoms with Gasteiger partial charge in [-0.2, -0.15) is 0 Å². The molecule has 238 valence electrons. The van der Waals surface area contributed by atoms with Gasteiger partial charge < -0.3 is 4.57 Å². The van der Waals surface area contributed by atoms with E-state index in [1.807, 2.05) is 48.7 Å². The maximum Gasteiger partial charge on any atom is 0.160 e. The molecule has 0 N–H and O–H groups in total. The van der Waals surface area contributed by atoms with E-state index in [-0.39, 0.29) is 0 Å². The smallest absolute Gasteiger partial charge is 0.160 e. The van der Waals surface area contributed by atoms with Gasteiger partial charge in [0.2, 0.25) is 0 Å². The van der Waals surface area contributed by atoms with Crippen molar-refractivity contribution < 1.29 is 0 Å². The minimum Gasteiger partial charge on any atom is -0.309 e. The van der Waals surface area contributed by atoms with Gasteiger partial charge in [0.25, 0.3) is 0 Å². The van der Waals surface area contributed by atoms with E-state index in [1.54, 1.807) is 0 Å². The molecule has 3 heterocycles. The first-order valence-corrected chi connectivity index (χ1v) is 17.2. The fourth-order valence-corrected chi connectivity index (χ4v) is 7.42. The average Bonchev–Trinajstić information content (AvgIpc) is 3.54. The van der Waals surface area contributed by atoms with Gasteiger partial charge in [-0.05, 0) is 59.0 Å². The number of para-hydroxylation sites is 1. The van der Waals surface area contributed by atoms with E-state index in [9.17, 15) is 0 Å². The maximum absolute atomic E-state index is 5.09. The number of pyridine rings is 1. The van der Waals surface area contributed by atoms with Crippen molar-refractivity contribution in [2.45, 2.75) is 0 Å². The zero-order valence-electron chi connectivity index (χ0n) is 27.6. The predicted molar refractivity (Wildman–Crippen MR) is 211 cm³/mol. The van der Waals surface area contributed by atoms with Gasteiger partial charge in [0, 0.05) is 44.4 Å². The lowest BCUT2D eigenvalue weighted by atomic mass is 9.99. The molecule has 0 amide bonds. The normalized spacial score (nSPS) is 11.5. The molecule has 0 radical (unpaired) electrons. The van der Waals surface area contributed by atoms with E-state index in [4.69, 9.17) is 15.0 Å². The van der Waals surface area contributed by atoms with Crippen LogP contribution in [0.25, 0.3) is 94.2 Å². The third-order valence-electron chi connectivity index (χ3n) is 9.83. The third kappa shape index (κ3) is 4.96. The molecule has 7 aromatic carbocycles. The van der Waals surface area contributed by atoms with E-state index < -0.39 is 0 Å². The van der Waals surface area contributed by atoms with Crippen LogP contribution < -0.4 is 0 Å². The van der Waals surface area contributed by atoms with E-state index >= 15 is 0 Å². The number of benzene rings is 7. The highest BCUT2D eigenvalue weighted by Crippen LogP contribution is 2.39. The fraction of sp³-hybridized carbons (Fsp3) is 0. The van der Waals surface area contributed by atoms with E-state index in [0.29, 0.717) is 5.82 Å². The van der Waals surface area contributed by atoms with Crippen molar-refractivity contribution in [1.82, 2.24) is 19.5 Å². The van der Waals surface area contributed by atoms with Crippen molar-refractivity contribution in [3.8, 4) is 50.7 Å². The van der Waals surface area contributed by atoms with Crippen LogP contribution in [-0.2, 0) is 0 Å². The van der Waals surface area contributed by atoms with Crippen molar-refractivity contribution in [3.05, 3.63) is 182 Å². The van der Waals surface area contributed by atoms with E-state index in [2.05, 4.69) is 138 Å². The zero-order valence-corrected chi connectivity index (χ0v) is 27.6. The number of hydrogen-bond donors (Lipinski definition) is 0. The topological polar surface area (TPSA) is 43.6 Å². The summed E-state index contributed by atoms with van der Waals surface area (Å²) in [4.78, 5) is 14.9. The van der Waals surface area contributed by atoms with Crippen molar-refractivity contribution in [2.24, 2.45) is 0 Å². The minimum atomic E-state index is 0.711. The van der Waals surface area contributed by atoms with Gasteiger partial charge in [-0.1, -0.05) is 133 Å². The second kappa shape index (κ2) is 11.9. The lowest BCUT2D eigenvalue weighted by Gasteiger charge is -2.13. The number of fused-ring (bicyclic) bond motifs is 6. The molecular formula is C47H30N4. The Labute approximate surface area is 295 Å². The highest BCUT2D eigenvalue weighted by atomic mass is 15.0. The molecule has 0 saturated heterocycles. The van der Waals surface area contributed by atoms with Crippen LogP contribution >= 0.6 is 0 Å². The first kappa shape index (κ1) is 29.0. The molecule has 0 aliphatic carbocycles. The first-order chi connectivity index (χ1) is 25.3. The maximum atomic E-state index is 5.09. The molecule has 0 aliphatic heterocycles. The predicted octanol–water partition coefficient (Wildman–Crippen LogP) is 11.9. The molecule has 0 spiro atoms. The van der Waals surface area contributed by atoms with Gasteiger partial charge in [0.15, 0.2) is 5.82 Å². The van der Waals surface area contributed by atoms with Crippen LogP contribution in [0.3, 0.4) is 0 Å². The highest BCUT2D eigenvalue weighted by molar-refractivity contribution is 6.15. The van der Waals surface area contributed by atoms with Crippen LogP contribution in [0.15, 0.2) is 182 Å². The van der Waals surface area contributed by atoms with Crippen molar-refractivity contribution >= 4 is 43.5 Å². The summed E-state index contributed by atoms with van der Waals surface area (Å²) in [6.07, 6.45) is 1.89. The van der Waals surface area contributed by atoms with E-state index in [1.165, 1.54) is 21.7 Å². The quantitative estimate of drug-likeness (QED) is 0.174. The van der Waals surface area contributed by atoms with Gasteiger partial charge in [-0.25, -0.2) is 9.97 Å². The summed E-state index contributed by atoms with van der Waals surface area (Å²) in [5, 5.41) is 5.89. The summed E-state index contributed by atoms with van der Waals surface area (Å²) in [6, 6.07) is 61.9. The van der Waals surface area contributed by atoms with Crippen LogP contribution in [-0.4, -0.2) is 19.5 Å². The molecule has 4 nitrogen and oxygen atoms in total. The first-order valence-electron chi connectivity index (χ1n) is 17.2.